The van der Waals surface area contributed by atoms with Crippen molar-refractivity contribution in [1.82, 2.24) is 4.90 Å². The van der Waals surface area contributed by atoms with Crippen molar-refractivity contribution in [3.63, 3.8) is 0 Å². The molecule has 0 bridgehead atoms. The molecule has 0 unspecified atom stereocenters. The number of allylic oxidation sites excluding steroid dienone is 1. The lowest BCUT2D eigenvalue weighted by Crippen LogP contribution is -2.33. The van der Waals surface area contributed by atoms with E-state index in [0.717, 1.165) is 68.3 Å². The van der Waals surface area contributed by atoms with Crippen molar-refractivity contribution in [3.8, 4) is 11.5 Å². The van der Waals surface area contributed by atoms with Gasteiger partial charge in [-0.1, -0.05) is 82.2 Å². The summed E-state index contributed by atoms with van der Waals surface area (Å²) in [6, 6.07) is 15.0. The van der Waals surface area contributed by atoms with E-state index in [-0.39, 0.29) is 0 Å². The zero-order chi connectivity index (χ0) is 28.0. The molecule has 1 aliphatic heterocycles. The molecule has 2 aromatic carbocycles. The van der Waals surface area contributed by atoms with Crippen LogP contribution in [0.1, 0.15) is 94.2 Å². The smallest absolute Gasteiger partial charge is 0.189 e. The molecule has 0 aromatic heterocycles. The minimum atomic E-state index is 0.304. The van der Waals surface area contributed by atoms with Crippen LogP contribution in [-0.2, 0) is 22.4 Å². The summed E-state index contributed by atoms with van der Waals surface area (Å²) in [5, 5.41) is 0. The Morgan fingerprint density at radius 1 is 0.825 bits per heavy atom. The first kappa shape index (κ1) is 30.5. The molecule has 1 saturated heterocycles. The lowest BCUT2D eigenvalue weighted by molar-refractivity contribution is -0.00331. The molecule has 1 heterocycles. The van der Waals surface area contributed by atoms with Gasteiger partial charge >= 0.3 is 0 Å². The van der Waals surface area contributed by atoms with Crippen LogP contribution in [0, 0.1) is 5.92 Å². The van der Waals surface area contributed by atoms with Gasteiger partial charge in [-0.25, -0.2) is 0 Å². The van der Waals surface area contributed by atoms with Crippen molar-refractivity contribution >= 4 is 5.76 Å². The van der Waals surface area contributed by atoms with Gasteiger partial charge in [-0.15, -0.1) is 0 Å². The topological polar surface area (TPSA) is 40.2 Å². The number of fused-ring (bicyclic) bond motifs is 1. The molecule has 4 rings (SSSR count). The third-order valence-electron chi connectivity index (χ3n) is 8.50. The van der Waals surface area contributed by atoms with E-state index in [4.69, 9.17) is 18.9 Å². The van der Waals surface area contributed by atoms with Crippen molar-refractivity contribution in [2.24, 2.45) is 5.92 Å². The minimum absolute atomic E-state index is 0.304. The van der Waals surface area contributed by atoms with Crippen LogP contribution in [0.15, 0.2) is 48.0 Å². The number of nitrogens with zero attached hydrogens (tertiary/aromatic N) is 1. The Morgan fingerprint density at radius 3 is 2.20 bits per heavy atom. The lowest BCUT2D eigenvalue weighted by atomic mass is 9.89. The number of likely N-dealkylation sites (tertiary alicyclic amines) is 1. The highest BCUT2D eigenvalue weighted by atomic mass is 16.7. The van der Waals surface area contributed by atoms with Crippen LogP contribution >= 0.6 is 0 Å². The number of piperidine rings is 1. The third-order valence-corrected chi connectivity index (χ3v) is 8.50. The third kappa shape index (κ3) is 9.01. The summed E-state index contributed by atoms with van der Waals surface area (Å²) in [5.74, 6) is 3.20. The Morgan fingerprint density at radius 2 is 1.50 bits per heavy atom. The Balaban J connectivity index is 1.29. The minimum Gasteiger partial charge on any atom is -0.493 e. The Kier molecular flexibility index (Phi) is 12.7. The van der Waals surface area contributed by atoms with Gasteiger partial charge in [-0.05, 0) is 79.9 Å². The van der Waals surface area contributed by atoms with E-state index in [1.165, 1.54) is 74.5 Å². The van der Waals surface area contributed by atoms with E-state index in [9.17, 15) is 0 Å². The first-order valence-corrected chi connectivity index (χ1v) is 15.7. The van der Waals surface area contributed by atoms with Gasteiger partial charge in [0, 0.05) is 12.1 Å². The fourth-order valence-electron chi connectivity index (χ4n) is 6.16. The fourth-order valence-corrected chi connectivity index (χ4v) is 6.16. The highest BCUT2D eigenvalue weighted by Gasteiger charge is 2.29. The lowest BCUT2D eigenvalue weighted by Gasteiger charge is -2.32. The summed E-state index contributed by atoms with van der Waals surface area (Å²) in [7, 11) is 3.40. The van der Waals surface area contributed by atoms with Crippen LogP contribution in [0.25, 0.3) is 5.76 Å². The summed E-state index contributed by atoms with van der Waals surface area (Å²) in [6.45, 7) is 6.69. The van der Waals surface area contributed by atoms with E-state index in [1.54, 1.807) is 14.2 Å². The van der Waals surface area contributed by atoms with Crippen molar-refractivity contribution in [1.29, 1.82) is 0 Å². The van der Waals surface area contributed by atoms with Crippen LogP contribution in [0.3, 0.4) is 0 Å². The van der Waals surface area contributed by atoms with E-state index in [1.807, 2.05) is 0 Å². The van der Waals surface area contributed by atoms with Gasteiger partial charge in [0.1, 0.15) is 5.76 Å². The quantitative estimate of drug-likeness (QED) is 0.138. The molecule has 40 heavy (non-hydrogen) atoms. The van der Waals surface area contributed by atoms with Gasteiger partial charge in [0.05, 0.1) is 20.8 Å². The predicted molar refractivity (Wildman–Crippen MR) is 164 cm³/mol. The van der Waals surface area contributed by atoms with E-state index < -0.39 is 0 Å². The Labute approximate surface area is 242 Å². The maximum Gasteiger partial charge on any atom is 0.189 e. The molecule has 1 fully saturated rings. The molecule has 220 valence electrons. The van der Waals surface area contributed by atoms with Gasteiger partial charge in [-0.3, -0.25) is 4.90 Å². The van der Waals surface area contributed by atoms with Crippen LogP contribution < -0.4 is 9.47 Å². The number of rotatable bonds is 18. The second-order valence-corrected chi connectivity index (χ2v) is 11.5. The molecule has 2 aromatic rings. The molecule has 2 aliphatic rings. The van der Waals surface area contributed by atoms with Crippen LogP contribution in [-0.4, -0.2) is 45.6 Å². The second-order valence-electron chi connectivity index (χ2n) is 11.5. The van der Waals surface area contributed by atoms with Gasteiger partial charge < -0.3 is 18.9 Å². The Bertz CT molecular complexity index is 1040. The molecule has 0 amide bonds. The molecular weight excluding hydrogens is 498 g/mol. The zero-order valence-corrected chi connectivity index (χ0v) is 25.2. The highest BCUT2D eigenvalue weighted by Crippen LogP contribution is 2.43. The van der Waals surface area contributed by atoms with Crippen LogP contribution in [0.4, 0.5) is 0 Å². The summed E-state index contributed by atoms with van der Waals surface area (Å²) >= 11 is 0. The zero-order valence-electron chi connectivity index (χ0n) is 25.2. The summed E-state index contributed by atoms with van der Waals surface area (Å²) in [5.41, 5.74) is 5.18. The molecule has 0 atom stereocenters. The van der Waals surface area contributed by atoms with E-state index in [0.29, 0.717) is 12.7 Å². The molecule has 1 aliphatic carbocycles. The normalized spacial score (nSPS) is 15.9. The van der Waals surface area contributed by atoms with Crippen molar-refractivity contribution in [2.45, 2.75) is 90.5 Å². The van der Waals surface area contributed by atoms with Gasteiger partial charge in [-0.2, -0.15) is 0 Å². The molecular formula is C35H51NO4. The fraction of sp³-hybridized carbons (Fsp3) is 0.600. The van der Waals surface area contributed by atoms with Crippen molar-refractivity contribution in [3.05, 3.63) is 64.7 Å². The second kappa shape index (κ2) is 16.7. The predicted octanol–water partition coefficient (Wildman–Crippen LogP) is 8.40. The number of benzene rings is 2. The summed E-state index contributed by atoms with van der Waals surface area (Å²) in [4.78, 5) is 2.59. The monoisotopic (exact) mass is 549 g/mol. The number of hydrogen-bond acceptors (Lipinski definition) is 5. The number of methoxy groups -OCH3 is 2. The molecule has 5 nitrogen and oxygen atoms in total. The van der Waals surface area contributed by atoms with Crippen molar-refractivity contribution in [2.75, 3.05) is 40.7 Å². The average molecular weight is 550 g/mol. The Hall–Kier alpha value is -2.50. The first-order valence-electron chi connectivity index (χ1n) is 15.7. The largest absolute Gasteiger partial charge is 0.493 e. The maximum atomic E-state index is 6.38. The first-order chi connectivity index (χ1) is 19.7. The number of unbranched alkanes of at least 4 members (excludes halogenated alkanes) is 7. The molecule has 0 radical (unpaired) electrons. The van der Waals surface area contributed by atoms with Gasteiger partial charge in [0.15, 0.2) is 18.3 Å². The number of hydrogen-bond donors (Lipinski definition) is 0. The van der Waals surface area contributed by atoms with Crippen LogP contribution in [0.5, 0.6) is 11.5 Å². The van der Waals surface area contributed by atoms with Gasteiger partial charge in [0.25, 0.3) is 0 Å². The van der Waals surface area contributed by atoms with E-state index in [2.05, 4.69) is 54.3 Å². The molecule has 0 spiro atoms. The molecule has 0 saturated carbocycles. The summed E-state index contributed by atoms with van der Waals surface area (Å²) in [6.07, 6.45) is 14.9. The SMILES string of the molecule is CCCCCCCCCCOCOC1=C(CC2CCN(Cc3ccccc3)CC2)Cc2cc(OC)c(OC)cc21. The molecule has 5 heteroatoms. The average Bonchev–Trinajstić information content (AvgIpc) is 3.32. The standard InChI is InChI=1S/C35H51NO4/c1-4-5-6-7-8-9-10-14-21-39-27-40-35-31(23-30-24-33(37-2)34(38-3)25-32(30)35)22-28-17-19-36(20-18-28)26-29-15-12-11-13-16-29/h11-13,15-16,24-25,28H,4-10,14,17-23,26-27H2,1-3H3. The summed E-state index contributed by atoms with van der Waals surface area (Å²) < 4.78 is 23.6. The van der Waals surface area contributed by atoms with E-state index >= 15 is 0 Å². The maximum absolute atomic E-state index is 6.38. The van der Waals surface area contributed by atoms with Gasteiger partial charge in [0.2, 0.25) is 0 Å². The van der Waals surface area contributed by atoms with Crippen molar-refractivity contribution < 1.29 is 18.9 Å². The number of ether oxygens (including phenoxy) is 4. The van der Waals surface area contributed by atoms with Crippen LogP contribution in [0.2, 0.25) is 0 Å². The highest BCUT2D eigenvalue weighted by molar-refractivity contribution is 5.74. The molecule has 0 N–H and O–H groups in total.